The Bertz CT molecular complexity index is 530. The second-order valence-electron chi connectivity index (χ2n) is 4.17. The average molecular weight is 251 g/mol. The van der Waals surface area contributed by atoms with E-state index in [4.69, 9.17) is 10.2 Å². The molecule has 2 aromatic heterocycles. The van der Waals surface area contributed by atoms with E-state index in [0.29, 0.717) is 0 Å². The number of hydrogen-bond donors (Lipinski definition) is 1. The monoisotopic (exact) mass is 251 g/mol. The highest BCUT2D eigenvalue weighted by Crippen LogP contribution is 2.34. The Labute approximate surface area is 105 Å². The second-order valence-corrected chi connectivity index (χ2v) is 5.18. The zero-order valence-electron chi connectivity index (χ0n) is 10.6. The van der Waals surface area contributed by atoms with Crippen molar-refractivity contribution in [2.24, 2.45) is 5.73 Å². The molecule has 2 heterocycles. The molecular formula is C12H17N3OS. The van der Waals surface area contributed by atoms with Crippen LogP contribution in [0.25, 0.3) is 10.6 Å². The van der Waals surface area contributed by atoms with Gasteiger partial charge in [-0.1, -0.05) is 18.3 Å². The first kappa shape index (κ1) is 12.3. The first-order valence-corrected chi connectivity index (χ1v) is 6.52. The maximum atomic E-state index is 5.95. The summed E-state index contributed by atoms with van der Waals surface area (Å²) < 4.78 is 5.60. The summed E-state index contributed by atoms with van der Waals surface area (Å²) in [6.45, 7) is 8.01. The summed E-state index contributed by atoms with van der Waals surface area (Å²) in [6.07, 6.45) is 0.872. The molecule has 5 heteroatoms. The van der Waals surface area contributed by atoms with Gasteiger partial charge in [0.25, 0.3) is 0 Å². The van der Waals surface area contributed by atoms with E-state index in [2.05, 4.69) is 10.2 Å². The largest absolute Gasteiger partial charge is 0.466 e. The van der Waals surface area contributed by atoms with Crippen LogP contribution >= 0.6 is 11.3 Å². The lowest BCUT2D eigenvalue weighted by Gasteiger charge is -2.00. The third-order valence-corrected chi connectivity index (χ3v) is 4.05. The summed E-state index contributed by atoms with van der Waals surface area (Å²) in [7, 11) is 0. The molecule has 0 aliphatic carbocycles. The van der Waals surface area contributed by atoms with Gasteiger partial charge in [-0.3, -0.25) is 0 Å². The van der Waals surface area contributed by atoms with E-state index in [1.165, 1.54) is 0 Å². The second kappa shape index (κ2) is 4.58. The first-order valence-electron chi connectivity index (χ1n) is 5.70. The Morgan fingerprint density at radius 3 is 2.47 bits per heavy atom. The summed E-state index contributed by atoms with van der Waals surface area (Å²) in [5.74, 6) is 1.84. The normalized spacial score (nSPS) is 13.0. The molecule has 0 amide bonds. The van der Waals surface area contributed by atoms with Crippen LogP contribution in [0.4, 0.5) is 0 Å². The van der Waals surface area contributed by atoms with Crippen molar-refractivity contribution in [1.82, 2.24) is 10.2 Å². The minimum atomic E-state index is -0.0186. The maximum Gasteiger partial charge on any atom is 0.151 e. The van der Waals surface area contributed by atoms with E-state index in [1.54, 1.807) is 11.3 Å². The number of rotatable bonds is 3. The topological polar surface area (TPSA) is 64.9 Å². The molecule has 17 heavy (non-hydrogen) atoms. The predicted molar refractivity (Wildman–Crippen MR) is 69.0 cm³/mol. The van der Waals surface area contributed by atoms with Crippen LogP contribution in [-0.4, -0.2) is 10.2 Å². The minimum Gasteiger partial charge on any atom is -0.466 e. The fraction of sp³-hybridized carbons (Fsp3) is 0.500. The zero-order chi connectivity index (χ0) is 12.6. The number of hydrogen-bond acceptors (Lipinski definition) is 5. The quantitative estimate of drug-likeness (QED) is 0.910. The van der Waals surface area contributed by atoms with Crippen LogP contribution < -0.4 is 5.73 Å². The molecular weight excluding hydrogens is 234 g/mol. The van der Waals surface area contributed by atoms with Gasteiger partial charge < -0.3 is 10.2 Å². The van der Waals surface area contributed by atoms with Crippen LogP contribution in [-0.2, 0) is 0 Å². The SMILES string of the molecule is CCC(N)c1nnc(-c2c(C)oc(C)c2C)s1. The van der Waals surface area contributed by atoms with E-state index in [-0.39, 0.29) is 6.04 Å². The van der Waals surface area contributed by atoms with E-state index in [9.17, 15) is 0 Å². The van der Waals surface area contributed by atoms with Gasteiger partial charge in [0.05, 0.1) is 11.6 Å². The minimum absolute atomic E-state index is 0.0186. The highest BCUT2D eigenvalue weighted by Gasteiger charge is 2.18. The van der Waals surface area contributed by atoms with Gasteiger partial charge in [-0.05, 0) is 27.2 Å². The standard InChI is InChI=1S/C12H17N3OS/c1-5-9(13)11-14-15-12(17-11)10-6(2)7(3)16-8(10)4/h9H,5,13H2,1-4H3. The summed E-state index contributed by atoms with van der Waals surface area (Å²) in [6, 6.07) is -0.0186. The van der Waals surface area contributed by atoms with Gasteiger partial charge in [-0.15, -0.1) is 10.2 Å². The van der Waals surface area contributed by atoms with Crippen molar-refractivity contribution in [2.75, 3.05) is 0 Å². The molecule has 2 rings (SSSR count). The van der Waals surface area contributed by atoms with E-state index in [0.717, 1.165) is 39.1 Å². The van der Waals surface area contributed by atoms with Crippen molar-refractivity contribution in [3.05, 3.63) is 22.1 Å². The Morgan fingerprint density at radius 2 is 1.94 bits per heavy atom. The molecule has 0 bridgehead atoms. The predicted octanol–water partition coefficient (Wildman–Crippen LogP) is 3.13. The zero-order valence-corrected chi connectivity index (χ0v) is 11.4. The van der Waals surface area contributed by atoms with E-state index >= 15 is 0 Å². The summed E-state index contributed by atoms with van der Waals surface area (Å²) >= 11 is 1.55. The van der Waals surface area contributed by atoms with Crippen molar-refractivity contribution < 1.29 is 4.42 Å². The summed E-state index contributed by atoms with van der Waals surface area (Å²) in [5.41, 5.74) is 8.15. The molecule has 1 atom stereocenters. The van der Waals surface area contributed by atoms with Crippen LogP contribution in [0.1, 0.15) is 41.5 Å². The van der Waals surface area contributed by atoms with Crippen molar-refractivity contribution in [1.29, 1.82) is 0 Å². The smallest absolute Gasteiger partial charge is 0.151 e. The fourth-order valence-electron chi connectivity index (χ4n) is 1.77. The van der Waals surface area contributed by atoms with E-state index < -0.39 is 0 Å². The van der Waals surface area contributed by atoms with Crippen molar-refractivity contribution in [2.45, 2.75) is 40.2 Å². The Balaban J connectivity index is 2.43. The molecule has 0 saturated carbocycles. The molecule has 0 aliphatic heterocycles. The molecule has 2 aromatic rings. The highest BCUT2D eigenvalue weighted by atomic mass is 32.1. The van der Waals surface area contributed by atoms with Gasteiger partial charge in [0.15, 0.2) is 5.01 Å². The van der Waals surface area contributed by atoms with Crippen molar-refractivity contribution in [3.63, 3.8) is 0 Å². The van der Waals surface area contributed by atoms with Gasteiger partial charge in [-0.2, -0.15) is 0 Å². The summed E-state index contributed by atoms with van der Waals surface area (Å²) in [4.78, 5) is 0. The van der Waals surface area contributed by atoms with Crippen LogP contribution in [0.3, 0.4) is 0 Å². The lowest BCUT2D eigenvalue weighted by atomic mass is 10.1. The molecule has 0 aromatic carbocycles. The number of aryl methyl sites for hydroxylation is 2. The average Bonchev–Trinajstić information content (AvgIpc) is 2.85. The highest BCUT2D eigenvalue weighted by molar-refractivity contribution is 7.14. The van der Waals surface area contributed by atoms with E-state index in [1.807, 2.05) is 27.7 Å². The van der Waals surface area contributed by atoms with Crippen LogP contribution in [0, 0.1) is 20.8 Å². The molecule has 0 aliphatic rings. The number of aromatic nitrogens is 2. The lowest BCUT2D eigenvalue weighted by molar-refractivity contribution is 0.503. The van der Waals surface area contributed by atoms with Gasteiger partial charge in [-0.25, -0.2) is 0 Å². The molecule has 0 radical (unpaired) electrons. The Hall–Kier alpha value is -1.20. The third-order valence-electron chi connectivity index (χ3n) is 2.97. The first-order chi connectivity index (χ1) is 8.04. The molecule has 0 spiro atoms. The van der Waals surface area contributed by atoms with Gasteiger partial charge in [0, 0.05) is 5.56 Å². The number of nitrogens with zero attached hydrogens (tertiary/aromatic N) is 2. The van der Waals surface area contributed by atoms with Crippen LogP contribution in [0.5, 0.6) is 0 Å². The third kappa shape index (κ3) is 2.12. The number of furan rings is 1. The summed E-state index contributed by atoms with van der Waals surface area (Å²) in [5, 5.41) is 10.2. The van der Waals surface area contributed by atoms with Gasteiger partial charge >= 0.3 is 0 Å². The maximum absolute atomic E-state index is 5.95. The van der Waals surface area contributed by atoms with Crippen LogP contribution in [0.15, 0.2) is 4.42 Å². The molecule has 0 fully saturated rings. The Morgan fingerprint density at radius 1 is 1.24 bits per heavy atom. The van der Waals surface area contributed by atoms with Crippen molar-refractivity contribution >= 4 is 11.3 Å². The van der Waals surface area contributed by atoms with Crippen LogP contribution in [0.2, 0.25) is 0 Å². The molecule has 92 valence electrons. The lowest BCUT2D eigenvalue weighted by Crippen LogP contribution is -2.07. The molecule has 4 nitrogen and oxygen atoms in total. The molecule has 1 unspecified atom stereocenters. The van der Waals surface area contributed by atoms with Gasteiger partial charge in [0.1, 0.15) is 16.5 Å². The molecule has 0 saturated heterocycles. The number of nitrogens with two attached hydrogens (primary N) is 1. The molecule has 2 N–H and O–H groups in total. The van der Waals surface area contributed by atoms with Gasteiger partial charge in [0.2, 0.25) is 0 Å². The Kier molecular flexibility index (Phi) is 3.31. The fourth-order valence-corrected chi connectivity index (χ4v) is 2.85. The van der Waals surface area contributed by atoms with Crippen molar-refractivity contribution in [3.8, 4) is 10.6 Å².